The van der Waals surface area contributed by atoms with Gasteiger partial charge < -0.3 is 15.4 Å². The van der Waals surface area contributed by atoms with E-state index in [0.29, 0.717) is 23.6 Å². The zero-order valence-corrected chi connectivity index (χ0v) is 15.4. The Hall–Kier alpha value is -3.68. The van der Waals surface area contributed by atoms with E-state index in [0.717, 1.165) is 5.56 Å². The maximum Gasteiger partial charge on any atom is 0.255 e. The van der Waals surface area contributed by atoms with Crippen molar-refractivity contribution in [2.75, 3.05) is 13.7 Å². The van der Waals surface area contributed by atoms with E-state index >= 15 is 0 Å². The number of amides is 2. The summed E-state index contributed by atoms with van der Waals surface area (Å²) in [5.41, 5.74) is 1.31. The molecule has 28 heavy (non-hydrogen) atoms. The van der Waals surface area contributed by atoms with Gasteiger partial charge in [-0.2, -0.15) is 5.10 Å². The lowest BCUT2D eigenvalue weighted by molar-refractivity contribution is -0.120. The molecule has 0 bridgehead atoms. The van der Waals surface area contributed by atoms with Crippen LogP contribution in [0.3, 0.4) is 0 Å². The number of para-hydroxylation sites is 1. The van der Waals surface area contributed by atoms with Crippen LogP contribution >= 0.6 is 0 Å². The van der Waals surface area contributed by atoms with Crippen LogP contribution in [0.4, 0.5) is 0 Å². The first kappa shape index (κ1) is 19.1. The molecular formula is C20H21N5O3. The van der Waals surface area contributed by atoms with Crippen LogP contribution < -0.4 is 15.4 Å². The van der Waals surface area contributed by atoms with E-state index in [2.05, 4.69) is 25.8 Å². The summed E-state index contributed by atoms with van der Waals surface area (Å²) in [6.07, 6.45) is 1.88. The van der Waals surface area contributed by atoms with E-state index in [1.807, 2.05) is 30.3 Å². The molecule has 0 radical (unpaired) electrons. The average molecular weight is 379 g/mol. The van der Waals surface area contributed by atoms with Gasteiger partial charge in [0.2, 0.25) is 5.91 Å². The second-order valence-electron chi connectivity index (χ2n) is 6.05. The number of carbonyl (C=O) groups excluding carboxylic acids is 2. The Morgan fingerprint density at radius 1 is 1.11 bits per heavy atom. The number of hydrogen-bond acceptors (Lipinski definition) is 5. The van der Waals surface area contributed by atoms with Gasteiger partial charge >= 0.3 is 0 Å². The molecule has 0 aliphatic heterocycles. The van der Waals surface area contributed by atoms with Gasteiger partial charge in [-0.15, -0.1) is 0 Å². The minimum Gasteiger partial charge on any atom is -0.496 e. The fraction of sp³-hybridized carbons (Fsp3) is 0.200. The molecule has 0 unspecified atom stereocenters. The Bertz CT molecular complexity index is 913. The first-order valence-electron chi connectivity index (χ1n) is 8.77. The number of ether oxygens (including phenoxy) is 1. The molecule has 1 aromatic heterocycles. The van der Waals surface area contributed by atoms with Crippen LogP contribution in [0.25, 0.3) is 0 Å². The van der Waals surface area contributed by atoms with Crippen molar-refractivity contribution in [2.24, 2.45) is 0 Å². The summed E-state index contributed by atoms with van der Waals surface area (Å²) in [6.45, 7) is -0.156. The quantitative estimate of drug-likeness (QED) is 0.551. The number of methoxy groups -OCH3 is 1. The van der Waals surface area contributed by atoms with Gasteiger partial charge in [0.15, 0.2) is 0 Å². The Kier molecular flexibility index (Phi) is 6.35. The molecule has 3 aromatic rings. The first-order valence-corrected chi connectivity index (χ1v) is 8.77. The molecule has 0 saturated heterocycles. The maximum absolute atomic E-state index is 12.4. The molecule has 2 amide bonds. The van der Waals surface area contributed by atoms with Crippen molar-refractivity contribution in [3.05, 3.63) is 77.9 Å². The molecule has 2 aromatic carbocycles. The predicted molar refractivity (Wildman–Crippen MR) is 103 cm³/mol. The molecule has 144 valence electrons. The number of nitrogens with zero attached hydrogens (tertiary/aromatic N) is 2. The van der Waals surface area contributed by atoms with Crippen molar-refractivity contribution in [3.8, 4) is 5.75 Å². The number of aromatic nitrogens is 3. The van der Waals surface area contributed by atoms with Crippen LogP contribution in [0.2, 0.25) is 0 Å². The molecule has 0 spiro atoms. The largest absolute Gasteiger partial charge is 0.496 e. The van der Waals surface area contributed by atoms with E-state index in [4.69, 9.17) is 4.74 Å². The number of hydrogen-bond donors (Lipinski definition) is 3. The number of H-pyrrole nitrogens is 1. The SMILES string of the molecule is COc1ccccc1C(=O)NCC(=O)N[C@H](Cc1ncn[nH]1)c1ccccc1. The third-order valence-electron chi connectivity index (χ3n) is 4.16. The van der Waals surface area contributed by atoms with E-state index in [9.17, 15) is 9.59 Å². The summed E-state index contributed by atoms with van der Waals surface area (Å²) in [5.74, 6) is 0.427. The van der Waals surface area contributed by atoms with Gasteiger partial charge in [-0.1, -0.05) is 42.5 Å². The summed E-state index contributed by atoms with van der Waals surface area (Å²) < 4.78 is 5.18. The Morgan fingerprint density at radius 3 is 2.57 bits per heavy atom. The van der Waals surface area contributed by atoms with Gasteiger partial charge in [-0.3, -0.25) is 14.7 Å². The smallest absolute Gasteiger partial charge is 0.255 e. The standard InChI is InChI=1S/C20H21N5O3/c1-28-17-10-6-5-9-15(17)20(27)21-12-19(26)24-16(11-18-22-13-23-25-18)14-7-3-2-4-8-14/h2-10,13,16H,11-12H2,1H3,(H,21,27)(H,24,26)(H,22,23,25)/t16-/m1/s1. The molecule has 0 saturated carbocycles. The van der Waals surface area contributed by atoms with Gasteiger partial charge in [0.25, 0.3) is 5.91 Å². The number of nitrogens with one attached hydrogen (secondary N) is 3. The average Bonchev–Trinajstić information content (AvgIpc) is 3.25. The molecule has 3 N–H and O–H groups in total. The fourth-order valence-electron chi connectivity index (χ4n) is 2.79. The topological polar surface area (TPSA) is 109 Å². The zero-order chi connectivity index (χ0) is 19.8. The second-order valence-corrected chi connectivity index (χ2v) is 6.05. The Labute approximate surface area is 162 Å². The highest BCUT2D eigenvalue weighted by molar-refractivity contribution is 5.98. The van der Waals surface area contributed by atoms with E-state index < -0.39 is 0 Å². The van der Waals surface area contributed by atoms with Crippen LogP contribution in [0.15, 0.2) is 60.9 Å². The van der Waals surface area contributed by atoms with Gasteiger partial charge in [0.05, 0.1) is 25.3 Å². The molecule has 1 heterocycles. The number of benzene rings is 2. The monoisotopic (exact) mass is 379 g/mol. The van der Waals surface area contributed by atoms with Gasteiger partial charge in [-0.25, -0.2) is 4.98 Å². The van der Waals surface area contributed by atoms with Crippen molar-refractivity contribution in [2.45, 2.75) is 12.5 Å². The highest BCUT2D eigenvalue weighted by atomic mass is 16.5. The predicted octanol–water partition coefficient (Wildman–Crippen LogP) is 1.64. The molecule has 8 heteroatoms. The molecule has 0 aliphatic rings. The molecule has 0 aliphatic carbocycles. The minimum absolute atomic E-state index is 0.156. The van der Waals surface area contributed by atoms with Gasteiger partial charge in [0.1, 0.15) is 17.9 Å². The van der Waals surface area contributed by atoms with Crippen molar-refractivity contribution in [1.82, 2.24) is 25.8 Å². The first-order chi connectivity index (χ1) is 13.7. The third-order valence-corrected chi connectivity index (χ3v) is 4.16. The zero-order valence-electron chi connectivity index (χ0n) is 15.4. The van der Waals surface area contributed by atoms with E-state index in [1.54, 1.807) is 24.3 Å². The van der Waals surface area contributed by atoms with Crippen molar-refractivity contribution in [1.29, 1.82) is 0 Å². The summed E-state index contributed by atoms with van der Waals surface area (Å²) >= 11 is 0. The molecule has 3 rings (SSSR count). The number of rotatable bonds is 8. The summed E-state index contributed by atoms with van der Waals surface area (Å²) in [5, 5.41) is 12.2. The van der Waals surface area contributed by atoms with Gasteiger partial charge in [0, 0.05) is 6.42 Å². The highest BCUT2D eigenvalue weighted by Gasteiger charge is 2.18. The second kappa shape index (κ2) is 9.31. The fourth-order valence-corrected chi connectivity index (χ4v) is 2.79. The van der Waals surface area contributed by atoms with Crippen LogP contribution in [0.1, 0.15) is 27.8 Å². The number of carbonyl (C=O) groups is 2. The molecular weight excluding hydrogens is 358 g/mol. The van der Waals surface area contributed by atoms with Crippen LogP contribution in [-0.2, 0) is 11.2 Å². The van der Waals surface area contributed by atoms with Crippen LogP contribution in [0.5, 0.6) is 5.75 Å². The van der Waals surface area contributed by atoms with Crippen molar-refractivity contribution in [3.63, 3.8) is 0 Å². The summed E-state index contributed by atoms with van der Waals surface area (Å²) in [6, 6.07) is 16.1. The van der Waals surface area contributed by atoms with Crippen LogP contribution in [-0.4, -0.2) is 40.7 Å². The van der Waals surface area contributed by atoms with Crippen molar-refractivity contribution >= 4 is 11.8 Å². The third kappa shape index (κ3) is 4.94. The van der Waals surface area contributed by atoms with E-state index in [-0.39, 0.29) is 24.4 Å². The lowest BCUT2D eigenvalue weighted by Gasteiger charge is -2.18. The normalized spacial score (nSPS) is 11.5. The Morgan fingerprint density at radius 2 is 1.86 bits per heavy atom. The Balaban J connectivity index is 1.63. The number of aromatic amines is 1. The van der Waals surface area contributed by atoms with Crippen LogP contribution in [0, 0.1) is 0 Å². The summed E-state index contributed by atoms with van der Waals surface area (Å²) in [4.78, 5) is 28.9. The van der Waals surface area contributed by atoms with Crippen molar-refractivity contribution < 1.29 is 14.3 Å². The van der Waals surface area contributed by atoms with E-state index in [1.165, 1.54) is 13.4 Å². The highest BCUT2D eigenvalue weighted by Crippen LogP contribution is 2.17. The molecule has 1 atom stereocenters. The summed E-state index contributed by atoms with van der Waals surface area (Å²) in [7, 11) is 1.49. The minimum atomic E-state index is -0.376. The lowest BCUT2D eigenvalue weighted by Crippen LogP contribution is -2.39. The molecule has 8 nitrogen and oxygen atoms in total. The lowest BCUT2D eigenvalue weighted by atomic mass is 10.0. The van der Waals surface area contributed by atoms with Gasteiger partial charge in [-0.05, 0) is 17.7 Å². The molecule has 0 fully saturated rings. The maximum atomic E-state index is 12.4.